The molecule has 1 fully saturated rings. The zero-order valence-corrected chi connectivity index (χ0v) is 24.8. The lowest BCUT2D eigenvalue weighted by Gasteiger charge is -2.27. The van der Waals surface area contributed by atoms with Crippen molar-refractivity contribution in [1.82, 2.24) is 0 Å². The van der Waals surface area contributed by atoms with Crippen molar-refractivity contribution in [3.8, 4) is 5.75 Å². The number of benzene rings is 2. The highest BCUT2D eigenvalue weighted by atomic mass is 16.5. The van der Waals surface area contributed by atoms with E-state index in [-0.39, 0.29) is 30.5 Å². The van der Waals surface area contributed by atoms with Crippen LogP contribution in [0.15, 0.2) is 48.5 Å². The lowest BCUT2D eigenvalue weighted by molar-refractivity contribution is -0.141. The molecule has 1 aliphatic rings. The molecule has 7 nitrogen and oxygen atoms in total. The standard InChI is InChI=1S/C34H48N2O5/c1-3-5-7-8-20-39-31-17-13-26(14-18-31)34(38)41-32-15-10-25(11-16-32)12-19-33(37)40-24-27(9-6-4-2)28-21-29(35)23-30(36)22-28/h10-12,15-16,19,21-23,26-27,31H,3-9,13-14,17-18,20,24,35-36H2,1-2H3/b19-12+. The molecule has 0 bridgehead atoms. The normalized spacial score (nSPS) is 17.8. The summed E-state index contributed by atoms with van der Waals surface area (Å²) in [5.41, 5.74) is 14.9. The van der Waals surface area contributed by atoms with E-state index in [1.165, 1.54) is 25.3 Å². The second kappa shape index (κ2) is 17.5. The first-order chi connectivity index (χ1) is 19.9. The molecule has 1 saturated carbocycles. The van der Waals surface area contributed by atoms with Crippen LogP contribution >= 0.6 is 0 Å². The number of anilines is 2. The average molecular weight is 565 g/mol. The Morgan fingerprint density at radius 3 is 2.24 bits per heavy atom. The molecule has 7 heteroatoms. The molecular weight excluding hydrogens is 516 g/mol. The van der Waals surface area contributed by atoms with E-state index < -0.39 is 5.97 Å². The fourth-order valence-electron chi connectivity index (χ4n) is 5.22. The Bertz CT molecular complexity index is 1090. The number of nitrogen functional groups attached to an aromatic ring is 2. The zero-order chi connectivity index (χ0) is 29.5. The maximum atomic E-state index is 12.7. The second-order valence-electron chi connectivity index (χ2n) is 11.1. The van der Waals surface area contributed by atoms with Crippen molar-refractivity contribution in [2.24, 2.45) is 5.92 Å². The number of hydrogen-bond donors (Lipinski definition) is 2. The van der Waals surface area contributed by atoms with Crippen molar-refractivity contribution in [2.45, 2.75) is 96.5 Å². The average Bonchev–Trinajstić information content (AvgIpc) is 2.96. The highest BCUT2D eigenvalue weighted by Gasteiger charge is 2.28. The molecule has 2 aromatic carbocycles. The van der Waals surface area contributed by atoms with Crippen LogP contribution < -0.4 is 16.2 Å². The maximum absolute atomic E-state index is 12.7. The Labute approximate surface area is 245 Å². The molecular formula is C34H48N2O5. The minimum Gasteiger partial charge on any atom is -0.462 e. The lowest BCUT2D eigenvalue weighted by atomic mass is 9.87. The van der Waals surface area contributed by atoms with Crippen LogP contribution in [-0.4, -0.2) is 31.3 Å². The van der Waals surface area contributed by atoms with Crippen LogP contribution in [0.2, 0.25) is 0 Å². The first-order valence-electron chi connectivity index (χ1n) is 15.3. The number of unbranched alkanes of at least 4 members (excludes halogenated alkanes) is 4. The topological polar surface area (TPSA) is 114 Å². The van der Waals surface area contributed by atoms with Crippen LogP contribution in [-0.2, 0) is 19.1 Å². The third-order valence-electron chi connectivity index (χ3n) is 7.67. The summed E-state index contributed by atoms with van der Waals surface area (Å²) in [5, 5.41) is 0. The van der Waals surface area contributed by atoms with E-state index in [0.29, 0.717) is 17.1 Å². The SMILES string of the molecule is CCCCCCOC1CCC(C(=O)Oc2ccc(/C=C/C(=O)OCC(CCCC)c3cc(N)cc(N)c3)cc2)CC1. The Kier molecular flexibility index (Phi) is 13.7. The number of carbonyl (C=O) groups excluding carboxylic acids is 2. The molecule has 1 atom stereocenters. The molecule has 1 aliphatic carbocycles. The van der Waals surface area contributed by atoms with E-state index in [9.17, 15) is 9.59 Å². The summed E-state index contributed by atoms with van der Waals surface area (Å²) in [6.45, 7) is 5.41. The molecule has 0 aromatic heterocycles. The third-order valence-corrected chi connectivity index (χ3v) is 7.67. The molecule has 0 spiro atoms. The molecule has 224 valence electrons. The highest BCUT2D eigenvalue weighted by Crippen LogP contribution is 2.29. The predicted molar refractivity (Wildman–Crippen MR) is 165 cm³/mol. The van der Waals surface area contributed by atoms with Crippen molar-refractivity contribution < 1.29 is 23.8 Å². The van der Waals surface area contributed by atoms with E-state index in [0.717, 1.165) is 69.1 Å². The van der Waals surface area contributed by atoms with Gasteiger partial charge in [-0.15, -0.1) is 0 Å². The smallest absolute Gasteiger partial charge is 0.330 e. The number of ether oxygens (including phenoxy) is 3. The van der Waals surface area contributed by atoms with Gasteiger partial charge in [-0.3, -0.25) is 4.79 Å². The summed E-state index contributed by atoms with van der Waals surface area (Å²) in [6, 6.07) is 12.6. The summed E-state index contributed by atoms with van der Waals surface area (Å²) >= 11 is 0. The van der Waals surface area contributed by atoms with Crippen LogP contribution in [0.1, 0.15) is 102 Å². The van der Waals surface area contributed by atoms with Gasteiger partial charge >= 0.3 is 11.9 Å². The third kappa shape index (κ3) is 11.6. The largest absolute Gasteiger partial charge is 0.462 e. The van der Waals surface area contributed by atoms with Crippen molar-refractivity contribution in [3.63, 3.8) is 0 Å². The summed E-state index contributed by atoms with van der Waals surface area (Å²) in [7, 11) is 0. The van der Waals surface area contributed by atoms with Crippen molar-refractivity contribution in [2.75, 3.05) is 24.7 Å². The van der Waals surface area contributed by atoms with Gasteiger partial charge in [-0.25, -0.2) is 4.79 Å². The first-order valence-corrected chi connectivity index (χ1v) is 15.3. The molecule has 3 rings (SSSR count). The maximum Gasteiger partial charge on any atom is 0.330 e. The van der Waals surface area contributed by atoms with E-state index in [4.69, 9.17) is 25.7 Å². The van der Waals surface area contributed by atoms with Gasteiger partial charge in [0.2, 0.25) is 0 Å². The Morgan fingerprint density at radius 2 is 1.59 bits per heavy atom. The van der Waals surface area contributed by atoms with Gasteiger partial charge in [0.15, 0.2) is 0 Å². The first kappa shape index (κ1) is 32.2. The van der Waals surface area contributed by atoms with Gasteiger partial charge in [-0.1, -0.05) is 58.1 Å². The van der Waals surface area contributed by atoms with Gasteiger partial charge in [0.1, 0.15) is 5.75 Å². The molecule has 0 aliphatic heterocycles. The van der Waals surface area contributed by atoms with Crippen molar-refractivity contribution in [3.05, 3.63) is 59.7 Å². The molecule has 0 heterocycles. The number of hydrogen-bond acceptors (Lipinski definition) is 7. The lowest BCUT2D eigenvalue weighted by Crippen LogP contribution is -2.29. The monoisotopic (exact) mass is 564 g/mol. The summed E-state index contributed by atoms with van der Waals surface area (Å²) in [4.78, 5) is 25.1. The fourth-order valence-corrected chi connectivity index (χ4v) is 5.22. The van der Waals surface area contributed by atoms with E-state index >= 15 is 0 Å². The number of nitrogens with two attached hydrogens (primary N) is 2. The predicted octanol–water partition coefficient (Wildman–Crippen LogP) is 7.44. The molecule has 4 N–H and O–H groups in total. The van der Waals surface area contributed by atoms with E-state index in [1.807, 2.05) is 24.3 Å². The van der Waals surface area contributed by atoms with Gasteiger partial charge in [0.25, 0.3) is 0 Å². The number of rotatable bonds is 16. The highest BCUT2D eigenvalue weighted by molar-refractivity contribution is 5.87. The zero-order valence-electron chi connectivity index (χ0n) is 24.8. The Hall–Kier alpha value is -3.32. The van der Waals surface area contributed by atoms with Crippen LogP contribution in [0.3, 0.4) is 0 Å². The quantitative estimate of drug-likeness (QED) is 0.0716. The molecule has 0 saturated heterocycles. The number of esters is 2. The molecule has 2 aromatic rings. The van der Waals surface area contributed by atoms with E-state index in [1.54, 1.807) is 24.3 Å². The molecule has 0 amide bonds. The Balaban J connectivity index is 1.42. The second-order valence-corrected chi connectivity index (χ2v) is 11.1. The minimum atomic E-state index is -0.417. The summed E-state index contributed by atoms with van der Waals surface area (Å²) < 4.78 is 17.2. The van der Waals surface area contributed by atoms with E-state index in [2.05, 4.69) is 13.8 Å². The summed E-state index contributed by atoms with van der Waals surface area (Å²) in [6.07, 6.45) is 14.5. The van der Waals surface area contributed by atoms with Crippen molar-refractivity contribution >= 4 is 29.4 Å². The minimum absolute atomic E-state index is 0.0326. The van der Waals surface area contributed by atoms with Gasteiger partial charge in [-0.05, 0) is 86.1 Å². The van der Waals surface area contributed by atoms with Gasteiger partial charge < -0.3 is 25.7 Å². The summed E-state index contributed by atoms with van der Waals surface area (Å²) in [5.74, 6) is -0.152. The molecule has 41 heavy (non-hydrogen) atoms. The van der Waals surface area contributed by atoms with Crippen LogP contribution in [0.4, 0.5) is 11.4 Å². The van der Waals surface area contributed by atoms with Crippen LogP contribution in [0.5, 0.6) is 5.75 Å². The van der Waals surface area contributed by atoms with Gasteiger partial charge in [0.05, 0.1) is 18.6 Å². The number of carbonyl (C=O) groups is 2. The Morgan fingerprint density at radius 1 is 0.902 bits per heavy atom. The van der Waals surface area contributed by atoms with Crippen LogP contribution in [0, 0.1) is 5.92 Å². The van der Waals surface area contributed by atoms with Gasteiger partial charge in [-0.2, -0.15) is 0 Å². The molecule has 1 unspecified atom stereocenters. The van der Waals surface area contributed by atoms with Gasteiger partial charge in [0, 0.05) is 30.0 Å². The molecule has 0 radical (unpaired) electrons. The van der Waals surface area contributed by atoms with Crippen molar-refractivity contribution in [1.29, 1.82) is 0 Å². The fraction of sp³-hybridized carbons (Fsp3) is 0.529. The van der Waals surface area contributed by atoms with Crippen LogP contribution in [0.25, 0.3) is 6.08 Å².